The van der Waals surface area contributed by atoms with Gasteiger partial charge in [0.05, 0.1) is 0 Å². The van der Waals surface area contributed by atoms with Gasteiger partial charge in [-0.3, -0.25) is 9.69 Å². The molecule has 1 aromatic heterocycles. The number of rotatable bonds is 3. The Hall–Kier alpha value is -0.910. The molecule has 1 N–H and O–H groups in total. The SMILES string of the molecule is CC1CN(C(C(=O)N(C)C)c2cccs2)CCN1. The molecule has 0 saturated carbocycles. The number of amides is 1. The summed E-state index contributed by atoms with van der Waals surface area (Å²) in [5.74, 6) is 0.173. The Balaban J connectivity index is 2.22. The van der Waals surface area contributed by atoms with Crippen molar-refractivity contribution < 1.29 is 4.79 Å². The number of hydrogen-bond donors (Lipinski definition) is 1. The minimum atomic E-state index is -0.121. The Bertz CT molecular complexity index is 391. The molecule has 0 spiro atoms. The van der Waals surface area contributed by atoms with Gasteiger partial charge >= 0.3 is 0 Å². The molecule has 1 aliphatic heterocycles. The molecule has 2 rings (SSSR count). The van der Waals surface area contributed by atoms with E-state index in [9.17, 15) is 4.79 Å². The zero-order valence-electron chi connectivity index (χ0n) is 11.2. The van der Waals surface area contributed by atoms with Crippen LogP contribution >= 0.6 is 11.3 Å². The van der Waals surface area contributed by atoms with Gasteiger partial charge in [0.1, 0.15) is 6.04 Å². The van der Waals surface area contributed by atoms with Gasteiger partial charge in [-0.25, -0.2) is 0 Å². The second-order valence-corrected chi connectivity index (χ2v) is 5.98. The Labute approximate surface area is 113 Å². The summed E-state index contributed by atoms with van der Waals surface area (Å²) in [5, 5.41) is 5.46. The van der Waals surface area contributed by atoms with Gasteiger partial charge in [0.25, 0.3) is 0 Å². The number of carbonyl (C=O) groups excluding carboxylic acids is 1. The van der Waals surface area contributed by atoms with Gasteiger partial charge in [0, 0.05) is 44.6 Å². The van der Waals surface area contributed by atoms with Crippen molar-refractivity contribution in [3.05, 3.63) is 22.4 Å². The summed E-state index contributed by atoms with van der Waals surface area (Å²) in [6.45, 7) is 4.95. The van der Waals surface area contributed by atoms with Crippen LogP contribution in [0.2, 0.25) is 0 Å². The van der Waals surface area contributed by atoms with Crippen molar-refractivity contribution in [1.29, 1.82) is 0 Å². The standard InChI is InChI=1S/C13H21N3OS/c1-10-9-16(7-6-14-10)12(13(17)15(2)3)11-5-4-8-18-11/h4-5,8,10,12,14H,6-7,9H2,1-3H3. The van der Waals surface area contributed by atoms with Crippen molar-refractivity contribution in [1.82, 2.24) is 15.1 Å². The van der Waals surface area contributed by atoms with E-state index in [-0.39, 0.29) is 11.9 Å². The summed E-state index contributed by atoms with van der Waals surface area (Å²) in [4.78, 5) is 17.5. The van der Waals surface area contributed by atoms with Gasteiger partial charge in [0.15, 0.2) is 0 Å². The Morgan fingerprint density at radius 1 is 1.61 bits per heavy atom. The molecule has 1 amide bonds. The Morgan fingerprint density at radius 2 is 2.39 bits per heavy atom. The normalized spacial score (nSPS) is 22.7. The first-order valence-corrected chi connectivity index (χ1v) is 7.19. The highest BCUT2D eigenvalue weighted by molar-refractivity contribution is 7.10. The molecule has 0 aromatic carbocycles. The fourth-order valence-corrected chi connectivity index (χ4v) is 3.20. The highest BCUT2D eigenvalue weighted by atomic mass is 32.1. The molecule has 1 saturated heterocycles. The van der Waals surface area contributed by atoms with Gasteiger partial charge < -0.3 is 10.2 Å². The van der Waals surface area contributed by atoms with Crippen LogP contribution in [0, 0.1) is 0 Å². The van der Waals surface area contributed by atoms with E-state index in [1.807, 2.05) is 25.5 Å². The molecule has 0 bridgehead atoms. The lowest BCUT2D eigenvalue weighted by Gasteiger charge is -2.37. The van der Waals surface area contributed by atoms with Crippen LogP contribution in [0.1, 0.15) is 17.8 Å². The summed E-state index contributed by atoms with van der Waals surface area (Å²) in [5.41, 5.74) is 0. The average molecular weight is 267 g/mol. The van der Waals surface area contributed by atoms with E-state index in [2.05, 4.69) is 23.2 Å². The van der Waals surface area contributed by atoms with E-state index < -0.39 is 0 Å². The molecule has 1 aliphatic rings. The maximum atomic E-state index is 12.4. The van der Waals surface area contributed by atoms with E-state index in [1.54, 1.807) is 16.2 Å². The quantitative estimate of drug-likeness (QED) is 0.893. The van der Waals surface area contributed by atoms with Crippen molar-refractivity contribution in [3.63, 3.8) is 0 Å². The Morgan fingerprint density at radius 3 is 2.94 bits per heavy atom. The lowest BCUT2D eigenvalue weighted by molar-refractivity contribution is -0.135. The zero-order chi connectivity index (χ0) is 13.1. The first kappa shape index (κ1) is 13.5. The number of nitrogens with zero attached hydrogens (tertiary/aromatic N) is 2. The predicted molar refractivity (Wildman–Crippen MR) is 74.8 cm³/mol. The summed E-state index contributed by atoms with van der Waals surface area (Å²) >= 11 is 1.66. The van der Waals surface area contributed by atoms with E-state index in [0.717, 1.165) is 24.5 Å². The molecule has 0 radical (unpaired) electrons. The molecule has 4 nitrogen and oxygen atoms in total. The van der Waals surface area contributed by atoms with Gasteiger partial charge in [-0.15, -0.1) is 11.3 Å². The highest BCUT2D eigenvalue weighted by Gasteiger charge is 2.32. The van der Waals surface area contributed by atoms with Crippen LogP contribution in [0.25, 0.3) is 0 Å². The van der Waals surface area contributed by atoms with Crippen LogP contribution in [0.5, 0.6) is 0 Å². The van der Waals surface area contributed by atoms with Crippen LogP contribution in [-0.2, 0) is 4.79 Å². The van der Waals surface area contributed by atoms with Crippen LogP contribution < -0.4 is 5.32 Å². The number of thiophene rings is 1. The molecule has 2 atom stereocenters. The van der Waals surface area contributed by atoms with Crippen LogP contribution in [0.3, 0.4) is 0 Å². The van der Waals surface area contributed by atoms with Crippen molar-refractivity contribution in [3.8, 4) is 0 Å². The molecule has 2 heterocycles. The molecule has 5 heteroatoms. The van der Waals surface area contributed by atoms with E-state index >= 15 is 0 Å². The van der Waals surface area contributed by atoms with Crippen molar-refractivity contribution >= 4 is 17.2 Å². The van der Waals surface area contributed by atoms with E-state index in [0.29, 0.717) is 6.04 Å². The van der Waals surface area contributed by atoms with Crippen molar-refractivity contribution in [2.24, 2.45) is 0 Å². The van der Waals surface area contributed by atoms with Crippen LogP contribution in [0.4, 0.5) is 0 Å². The van der Waals surface area contributed by atoms with Gasteiger partial charge in [-0.2, -0.15) is 0 Å². The smallest absolute Gasteiger partial charge is 0.244 e. The lowest BCUT2D eigenvalue weighted by atomic mass is 10.1. The molecule has 2 unspecified atom stereocenters. The first-order chi connectivity index (χ1) is 8.59. The molecule has 18 heavy (non-hydrogen) atoms. The summed E-state index contributed by atoms with van der Waals surface area (Å²) in [6.07, 6.45) is 0. The molecule has 100 valence electrons. The predicted octanol–water partition coefficient (Wildman–Crippen LogP) is 1.17. The number of carbonyl (C=O) groups is 1. The molecule has 0 aliphatic carbocycles. The third-order valence-corrected chi connectivity index (χ3v) is 4.18. The molecular weight excluding hydrogens is 246 g/mol. The maximum absolute atomic E-state index is 12.4. The number of likely N-dealkylation sites (N-methyl/N-ethyl adjacent to an activating group) is 1. The molecule has 1 aromatic rings. The fraction of sp³-hybridized carbons (Fsp3) is 0.615. The minimum Gasteiger partial charge on any atom is -0.347 e. The largest absolute Gasteiger partial charge is 0.347 e. The van der Waals surface area contributed by atoms with Crippen LogP contribution in [-0.4, -0.2) is 55.5 Å². The van der Waals surface area contributed by atoms with E-state index in [4.69, 9.17) is 0 Å². The second-order valence-electron chi connectivity index (χ2n) is 5.00. The number of piperazine rings is 1. The van der Waals surface area contributed by atoms with Crippen molar-refractivity contribution in [2.45, 2.75) is 19.0 Å². The number of hydrogen-bond acceptors (Lipinski definition) is 4. The van der Waals surface area contributed by atoms with Crippen LogP contribution in [0.15, 0.2) is 17.5 Å². The third kappa shape index (κ3) is 2.91. The van der Waals surface area contributed by atoms with Crippen molar-refractivity contribution in [2.75, 3.05) is 33.7 Å². The average Bonchev–Trinajstić information content (AvgIpc) is 2.83. The summed E-state index contributed by atoms with van der Waals surface area (Å²) < 4.78 is 0. The Kier molecular flexibility index (Phi) is 4.37. The molecular formula is C13H21N3OS. The highest BCUT2D eigenvalue weighted by Crippen LogP contribution is 2.27. The third-order valence-electron chi connectivity index (χ3n) is 3.25. The second kappa shape index (κ2) is 5.82. The van der Waals surface area contributed by atoms with Gasteiger partial charge in [0.2, 0.25) is 5.91 Å². The van der Waals surface area contributed by atoms with E-state index in [1.165, 1.54) is 0 Å². The summed E-state index contributed by atoms with van der Waals surface area (Å²) in [7, 11) is 3.66. The maximum Gasteiger partial charge on any atom is 0.244 e. The zero-order valence-corrected chi connectivity index (χ0v) is 12.0. The first-order valence-electron chi connectivity index (χ1n) is 6.31. The monoisotopic (exact) mass is 267 g/mol. The lowest BCUT2D eigenvalue weighted by Crippen LogP contribution is -2.52. The topological polar surface area (TPSA) is 35.6 Å². The fourth-order valence-electron chi connectivity index (χ4n) is 2.35. The summed E-state index contributed by atoms with van der Waals surface area (Å²) in [6, 6.07) is 4.39. The number of nitrogens with one attached hydrogen (secondary N) is 1. The minimum absolute atomic E-state index is 0.121. The molecule has 1 fully saturated rings. The van der Waals surface area contributed by atoms with Gasteiger partial charge in [-0.05, 0) is 18.4 Å². The van der Waals surface area contributed by atoms with Gasteiger partial charge in [-0.1, -0.05) is 6.07 Å².